The number of nitrogens with zero attached hydrogens (tertiary/aromatic N) is 2. The standard InChI is InChI=1S/C14H22N2/c1-11(2)6-7-13-15-9-12(10-16-13)8-14(3,4)5/h6-7,9-11H,8H2,1-5H3/b7-6+. The molecule has 1 rings (SSSR count). The van der Waals surface area contributed by atoms with Crippen molar-refractivity contribution in [3.63, 3.8) is 0 Å². The molecule has 0 aromatic carbocycles. The number of rotatable bonds is 3. The Hall–Kier alpha value is -1.18. The van der Waals surface area contributed by atoms with Crippen molar-refractivity contribution in [1.82, 2.24) is 9.97 Å². The van der Waals surface area contributed by atoms with E-state index < -0.39 is 0 Å². The fourth-order valence-electron chi connectivity index (χ4n) is 1.43. The van der Waals surface area contributed by atoms with E-state index >= 15 is 0 Å². The van der Waals surface area contributed by atoms with E-state index in [9.17, 15) is 0 Å². The molecule has 0 amide bonds. The van der Waals surface area contributed by atoms with Crippen molar-refractivity contribution in [2.75, 3.05) is 0 Å². The van der Waals surface area contributed by atoms with Gasteiger partial charge in [-0.2, -0.15) is 0 Å². The fourth-order valence-corrected chi connectivity index (χ4v) is 1.43. The highest BCUT2D eigenvalue weighted by Gasteiger charge is 2.11. The molecule has 1 heterocycles. The third kappa shape index (κ3) is 5.06. The molecular weight excluding hydrogens is 196 g/mol. The molecule has 88 valence electrons. The lowest BCUT2D eigenvalue weighted by Gasteiger charge is -2.17. The van der Waals surface area contributed by atoms with Crippen LogP contribution in [-0.2, 0) is 6.42 Å². The van der Waals surface area contributed by atoms with Crippen LogP contribution in [0.5, 0.6) is 0 Å². The zero-order chi connectivity index (χ0) is 12.2. The average molecular weight is 218 g/mol. The molecule has 0 N–H and O–H groups in total. The maximum Gasteiger partial charge on any atom is 0.151 e. The molecule has 0 fully saturated rings. The van der Waals surface area contributed by atoms with Gasteiger partial charge in [-0.3, -0.25) is 0 Å². The lowest BCUT2D eigenvalue weighted by Crippen LogP contribution is -2.09. The first-order valence-corrected chi connectivity index (χ1v) is 5.86. The second-order valence-corrected chi connectivity index (χ2v) is 5.79. The van der Waals surface area contributed by atoms with Crippen LogP contribution in [0.1, 0.15) is 46.0 Å². The highest BCUT2D eigenvalue weighted by Crippen LogP contribution is 2.19. The molecule has 0 atom stereocenters. The summed E-state index contributed by atoms with van der Waals surface area (Å²) in [6.45, 7) is 11.0. The van der Waals surface area contributed by atoms with Crippen LogP contribution in [0.25, 0.3) is 6.08 Å². The van der Waals surface area contributed by atoms with Crippen LogP contribution < -0.4 is 0 Å². The first kappa shape index (κ1) is 12.9. The van der Waals surface area contributed by atoms with Crippen LogP contribution >= 0.6 is 0 Å². The summed E-state index contributed by atoms with van der Waals surface area (Å²) in [5.41, 5.74) is 1.49. The molecule has 2 heteroatoms. The molecule has 1 aromatic heterocycles. The van der Waals surface area contributed by atoms with Crippen LogP contribution in [0, 0.1) is 11.3 Å². The Bertz CT molecular complexity index is 342. The van der Waals surface area contributed by atoms with Crippen molar-refractivity contribution in [2.45, 2.75) is 41.0 Å². The van der Waals surface area contributed by atoms with Gasteiger partial charge in [0.15, 0.2) is 5.82 Å². The van der Waals surface area contributed by atoms with E-state index in [1.807, 2.05) is 18.5 Å². The minimum Gasteiger partial charge on any atom is -0.237 e. The normalized spacial score (nSPS) is 12.6. The fraction of sp³-hybridized carbons (Fsp3) is 0.571. The van der Waals surface area contributed by atoms with E-state index in [4.69, 9.17) is 0 Å². The van der Waals surface area contributed by atoms with Crippen LogP contribution in [0.4, 0.5) is 0 Å². The van der Waals surface area contributed by atoms with Gasteiger partial charge in [0.05, 0.1) is 0 Å². The lowest BCUT2D eigenvalue weighted by molar-refractivity contribution is 0.410. The van der Waals surface area contributed by atoms with E-state index in [1.165, 1.54) is 5.56 Å². The first-order chi connectivity index (χ1) is 7.37. The summed E-state index contributed by atoms with van der Waals surface area (Å²) in [6, 6.07) is 0. The smallest absolute Gasteiger partial charge is 0.151 e. The molecule has 0 unspecified atom stereocenters. The minimum atomic E-state index is 0.290. The second-order valence-electron chi connectivity index (χ2n) is 5.79. The zero-order valence-electron chi connectivity index (χ0n) is 11.0. The Morgan fingerprint density at radius 3 is 2.19 bits per heavy atom. The lowest BCUT2D eigenvalue weighted by atomic mass is 9.89. The summed E-state index contributed by atoms with van der Waals surface area (Å²) in [6.07, 6.45) is 8.96. The van der Waals surface area contributed by atoms with Gasteiger partial charge >= 0.3 is 0 Å². The van der Waals surface area contributed by atoms with Crippen LogP contribution in [0.15, 0.2) is 18.5 Å². The third-order valence-corrected chi connectivity index (χ3v) is 2.09. The van der Waals surface area contributed by atoms with E-state index in [0.717, 1.165) is 12.2 Å². The molecule has 0 spiro atoms. The molecule has 0 aliphatic rings. The van der Waals surface area contributed by atoms with Gasteiger partial charge in [0.2, 0.25) is 0 Å². The SMILES string of the molecule is CC(C)/C=C/c1ncc(CC(C)(C)C)cn1. The van der Waals surface area contributed by atoms with Gasteiger partial charge in [-0.05, 0) is 29.4 Å². The topological polar surface area (TPSA) is 25.8 Å². The largest absolute Gasteiger partial charge is 0.237 e. The van der Waals surface area contributed by atoms with Gasteiger partial charge in [-0.25, -0.2) is 9.97 Å². The number of hydrogen-bond acceptors (Lipinski definition) is 2. The molecule has 16 heavy (non-hydrogen) atoms. The van der Waals surface area contributed by atoms with E-state index in [2.05, 4.69) is 50.7 Å². The van der Waals surface area contributed by atoms with Crippen LogP contribution in [-0.4, -0.2) is 9.97 Å². The van der Waals surface area contributed by atoms with Crippen molar-refractivity contribution in [3.8, 4) is 0 Å². The zero-order valence-corrected chi connectivity index (χ0v) is 11.0. The first-order valence-electron chi connectivity index (χ1n) is 5.86. The van der Waals surface area contributed by atoms with Gasteiger partial charge in [0, 0.05) is 12.4 Å². The van der Waals surface area contributed by atoms with Crippen LogP contribution in [0.3, 0.4) is 0 Å². The number of hydrogen-bond donors (Lipinski definition) is 0. The highest BCUT2D eigenvalue weighted by molar-refractivity contribution is 5.39. The van der Waals surface area contributed by atoms with E-state index in [-0.39, 0.29) is 0 Å². The summed E-state index contributed by atoms with van der Waals surface area (Å²) in [4.78, 5) is 8.67. The summed E-state index contributed by atoms with van der Waals surface area (Å²) < 4.78 is 0. The Kier molecular flexibility index (Phi) is 4.22. The number of allylic oxidation sites excluding steroid dienone is 1. The van der Waals surface area contributed by atoms with Crippen molar-refractivity contribution in [1.29, 1.82) is 0 Å². The predicted molar refractivity (Wildman–Crippen MR) is 69.1 cm³/mol. The maximum absolute atomic E-state index is 4.34. The van der Waals surface area contributed by atoms with Crippen molar-refractivity contribution in [2.24, 2.45) is 11.3 Å². The monoisotopic (exact) mass is 218 g/mol. The number of aromatic nitrogens is 2. The van der Waals surface area contributed by atoms with Gasteiger partial charge in [0.25, 0.3) is 0 Å². The van der Waals surface area contributed by atoms with E-state index in [1.54, 1.807) is 0 Å². The Balaban J connectivity index is 2.68. The summed E-state index contributed by atoms with van der Waals surface area (Å²) in [5.74, 6) is 1.34. The van der Waals surface area contributed by atoms with Gasteiger partial charge in [-0.1, -0.05) is 40.7 Å². The Morgan fingerprint density at radius 1 is 1.19 bits per heavy atom. The molecule has 0 bridgehead atoms. The summed E-state index contributed by atoms with van der Waals surface area (Å²) in [7, 11) is 0. The average Bonchev–Trinajstić information content (AvgIpc) is 2.14. The quantitative estimate of drug-likeness (QED) is 0.772. The molecular formula is C14H22N2. The van der Waals surface area contributed by atoms with Crippen molar-refractivity contribution >= 4 is 6.08 Å². The molecule has 0 aliphatic heterocycles. The molecule has 2 nitrogen and oxygen atoms in total. The molecule has 0 saturated heterocycles. The van der Waals surface area contributed by atoms with Gasteiger partial charge < -0.3 is 0 Å². The predicted octanol–water partition coefficient (Wildman–Crippen LogP) is 3.73. The Morgan fingerprint density at radius 2 is 1.75 bits per heavy atom. The summed E-state index contributed by atoms with van der Waals surface area (Å²) in [5, 5.41) is 0. The van der Waals surface area contributed by atoms with Crippen molar-refractivity contribution < 1.29 is 0 Å². The third-order valence-electron chi connectivity index (χ3n) is 2.09. The van der Waals surface area contributed by atoms with Crippen molar-refractivity contribution in [3.05, 3.63) is 29.9 Å². The molecule has 1 aromatic rings. The molecule has 0 aliphatic carbocycles. The Labute approximate surface area is 98.8 Å². The summed E-state index contributed by atoms with van der Waals surface area (Å²) >= 11 is 0. The highest BCUT2D eigenvalue weighted by atomic mass is 14.8. The molecule has 0 saturated carbocycles. The second kappa shape index (κ2) is 5.24. The van der Waals surface area contributed by atoms with Gasteiger partial charge in [0.1, 0.15) is 0 Å². The maximum atomic E-state index is 4.34. The van der Waals surface area contributed by atoms with E-state index in [0.29, 0.717) is 11.3 Å². The van der Waals surface area contributed by atoms with Gasteiger partial charge in [-0.15, -0.1) is 0 Å². The van der Waals surface area contributed by atoms with Crippen LogP contribution in [0.2, 0.25) is 0 Å². The minimum absolute atomic E-state index is 0.290. The molecule has 0 radical (unpaired) electrons.